The lowest BCUT2D eigenvalue weighted by Crippen LogP contribution is -2.24. The maximum absolute atomic E-state index is 10.9. The summed E-state index contributed by atoms with van der Waals surface area (Å²) in [7, 11) is 0. The van der Waals surface area contributed by atoms with E-state index in [9.17, 15) is 9.90 Å². The lowest BCUT2D eigenvalue weighted by Gasteiger charge is -2.12. The highest BCUT2D eigenvalue weighted by molar-refractivity contribution is 6.46. The number of nitrogens with one attached hydrogen (secondary N) is 1. The Bertz CT molecular complexity index is 641. The number of carboxylic acids is 1. The molecule has 1 aliphatic carbocycles. The van der Waals surface area contributed by atoms with Crippen LogP contribution in [0.15, 0.2) is 16.8 Å². The van der Waals surface area contributed by atoms with Crippen LogP contribution in [0.1, 0.15) is 30.3 Å². The number of pyridine rings is 1. The van der Waals surface area contributed by atoms with Crippen molar-refractivity contribution in [3.63, 3.8) is 0 Å². The van der Waals surface area contributed by atoms with E-state index in [1.165, 1.54) is 5.57 Å². The Morgan fingerprint density at radius 1 is 1.35 bits per heavy atom. The molecule has 0 amide bonds. The van der Waals surface area contributed by atoms with Gasteiger partial charge in [0.2, 0.25) is 0 Å². The predicted molar refractivity (Wildman–Crippen MR) is 77.6 cm³/mol. The molecule has 0 saturated carbocycles. The Morgan fingerprint density at radius 3 is 2.60 bits per heavy atom. The Kier molecular flexibility index (Phi) is 4.52. The van der Waals surface area contributed by atoms with Crippen molar-refractivity contribution in [3.8, 4) is 0 Å². The third-order valence-electron chi connectivity index (χ3n) is 2.73. The van der Waals surface area contributed by atoms with Gasteiger partial charge in [0.1, 0.15) is 10.7 Å². The molecule has 0 aliphatic heterocycles. The van der Waals surface area contributed by atoms with Gasteiger partial charge in [-0.25, -0.2) is 4.98 Å². The van der Waals surface area contributed by atoms with E-state index in [-0.39, 0.29) is 20.9 Å². The first-order chi connectivity index (χ1) is 9.40. The molecule has 1 N–H and O–H groups in total. The highest BCUT2D eigenvalue weighted by Gasteiger charge is 2.17. The van der Waals surface area contributed by atoms with Gasteiger partial charge in [-0.05, 0) is 25.8 Å². The second-order valence-corrected chi connectivity index (χ2v) is 5.36. The van der Waals surface area contributed by atoms with Crippen LogP contribution in [0.4, 0.5) is 5.69 Å². The molecule has 0 atom stereocenters. The normalized spacial score (nSPS) is 16.4. The van der Waals surface area contributed by atoms with Crippen molar-refractivity contribution in [2.24, 2.45) is 5.10 Å². The van der Waals surface area contributed by atoms with E-state index in [0.29, 0.717) is 0 Å². The van der Waals surface area contributed by atoms with Crippen LogP contribution in [0.3, 0.4) is 0 Å². The van der Waals surface area contributed by atoms with Crippen LogP contribution in [-0.2, 0) is 0 Å². The van der Waals surface area contributed by atoms with Crippen molar-refractivity contribution < 1.29 is 9.90 Å². The van der Waals surface area contributed by atoms with Gasteiger partial charge < -0.3 is 9.90 Å². The van der Waals surface area contributed by atoms with Crippen molar-refractivity contribution in [3.05, 3.63) is 32.5 Å². The van der Waals surface area contributed by atoms with Crippen LogP contribution in [0.25, 0.3) is 0 Å². The average Bonchev–Trinajstić information content (AvgIpc) is 2.79. The molecule has 1 aliphatic rings. The molecular weight excluding hydrogens is 325 g/mol. The zero-order valence-corrected chi connectivity index (χ0v) is 12.6. The molecule has 0 unspecified atom stereocenters. The second kappa shape index (κ2) is 5.99. The number of rotatable bonds is 3. The van der Waals surface area contributed by atoms with Gasteiger partial charge in [-0.1, -0.05) is 40.4 Å². The molecule has 0 aromatic carbocycles. The number of halogens is 3. The molecule has 20 heavy (non-hydrogen) atoms. The third kappa shape index (κ3) is 3.06. The summed E-state index contributed by atoms with van der Waals surface area (Å²) in [5.41, 5.74) is 4.29. The van der Waals surface area contributed by atoms with E-state index in [4.69, 9.17) is 34.8 Å². The van der Waals surface area contributed by atoms with Crippen molar-refractivity contribution in [2.75, 3.05) is 5.43 Å². The number of anilines is 1. The summed E-state index contributed by atoms with van der Waals surface area (Å²) in [4.78, 5) is 14.5. The van der Waals surface area contributed by atoms with Crippen LogP contribution in [-0.4, -0.2) is 16.7 Å². The lowest BCUT2D eigenvalue weighted by molar-refractivity contribution is -0.255. The highest BCUT2D eigenvalue weighted by Crippen LogP contribution is 2.36. The predicted octanol–water partition coefficient (Wildman–Crippen LogP) is 2.91. The smallest absolute Gasteiger partial charge is 0.150 e. The van der Waals surface area contributed by atoms with E-state index in [1.807, 2.05) is 13.0 Å². The van der Waals surface area contributed by atoms with Crippen LogP contribution in [0, 0.1) is 0 Å². The molecule has 1 aromatic heterocycles. The number of carbonyl (C=O) groups excluding carboxylic acids is 1. The maximum Gasteiger partial charge on any atom is 0.150 e. The van der Waals surface area contributed by atoms with Crippen molar-refractivity contribution in [2.45, 2.75) is 19.8 Å². The number of aromatic nitrogens is 1. The number of allylic oxidation sites excluding steroid dienone is 2. The number of carbonyl (C=O) groups is 1. The first kappa shape index (κ1) is 15.1. The molecule has 0 bridgehead atoms. The SMILES string of the molecule is CC1=C/C(=N/Nc2c(Cl)c(Cl)nc(C(=O)[O-])c2Cl)CC1. The first-order valence-corrected chi connectivity index (χ1v) is 6.79. The summed E-state index contributed by atoms with van der Waals surface area (Å²) in [6, 6.07) is 0. The molecule has 8 heteroatoms. The Balaban J connectivity index is 2.38. The summed E-state index contributed by atoms with van der Waals surface area (Å²) in [6.45, 7) is 2.00. The van der Waals surface area contributed by atoms with Gasteiger partial charge in [-0.2, -0.15) is 5.10 Å². The molecule has 0 fully saturated rings. The standard InChI is InChI=1S/C12H10Cl3N3O2/c1-5-2-3-6(4-5)17-18-9-7(13)10(12(19)20)16-11(15)8(9)14/h4H,2-3H2,1H3,(H,16,18)(H,19,20)/p-1/b17-6+. The molecule has 0 saturated heterocycles. The summed E-state index contributed by atoms with van der Waals surface area (Å²) in [6.07, 6.45) is 3.65. The first-order valence-electron chi connectivity index (χ1n) is 5.65. The monoisotopic (exact) mass is 332 g/mol. The molecule has 5 nitrogen and oxygen atoms in total. The van der Waals surface area contributed by atoms with Gasteiger partial charge in [0.25, 0.3) is 0 Å². The van der Waals surface area contributed by atoms with E-state index >= 15 is 0 Å². The number of nitrogens with zero attached hydrogens (tertiary/aromatic N) is 2. The Labute approximate surface area is 130 Å². The van der Waals surface area contributed by atoms with Gasteiger partial charge in [-0.15, -0.1) is 0 Å². The minimum Gasteiger partial charge on any atom is -0.543 e. The quantitative estimate of drug-likeness (QED) is 0.681. The van der Waals surface area contributed by atoms with Crippen molar-refractivity contribution in [1.29, 1.82) is 0 Å². The number of hydrazone groups is 1. The largest absolute Gasteiger partial charge is 0.543 e. The molecule has 2 rings (SSSR count). The summed E-state index contributed by atoms with van der Waals surface area (Å²) >= 11 is 17.6. The van der Waals surface area contributed by atoms with Crippen molar-refractivity contribution >= 4 is 52.2 Å². The third-order valence-corrected chi connectivity index (χ3v) is 3.84. The summed E-state index contributed by atoms with van der Waals surface area (Å²) < 4.78 is 0. The maximum atomic E-state index is 10.9. The van der Waals surface area contributed by atoms with E-state index in [1.54, 1.807) is 0 Å². The van der Waals surface area contributed by atoms with Gasteiger partial charge in [-0.3, -0.25) is 5.43 Å². The summed E-state index contributed by atoms with van der Waals surface area (Å²) in [5.74, 6) is -1.54. The van der Waals surface area contributed by atoms with Crippen LogP contribution in [0.5, 0.6) is 0 Å². The van der Waals surface area contributed by atoms with Crippen LogP contribution >= 0.6 is 34.8 Å². The number of hydrogen-bond donors (Lipinski definition) is 1. The number of hydrogen-bond acceptors (Lipinski definition) is 5. The zero-order valence-electron chi connectivity index (χ0n) is 10.3. The topological polar surface area (TPSA) is 77.4 Å². The highest BCUT2D eigenvalue weighted by atomic mass is 35.5. The van der Waals surface area contributed by atoms with Gasteiger partial charge in [0.05, 0.1) is 22.4 Å². The lowest BCUT2D eigenvalue weighted by atomic mass is 10.3. The summed E-state index contributed by atoms with van der Waals surface area (Å²) in [5, 5.41) is 14.7. The Morgan fingerprint density at radius 2 is 2.05 bits per heavy atom. The molecular formula is C12H9Cl3N3O2-. The molecule has 0 spiro atoms. The molecule has 0 radical (unpaired) electrons. The van der Waals surface area contributed by atoms with Gasteiger partial charge in [0, 0.05) is 0 Å². The zero-order chi connectivity index (χ0) is 14.9. The van der Waals surface area contributed by atoms with E-state index in [0.717, 1.165) is 18.6 Å². The Hall–Kier alpha value is -1.30. The molecule has 1 aromatic rings. The van der Waals surface area contributed by atoms with Gasteiger partial charge >= 0.3 is 0 Å². The second-order valence-electron chi connectivity index (χ2n) is 4.25. The fourth-order valence-electron chi connectivity index (χ4n) is 1.72. The number of carboxylic acid groups (broad SMARTS) is 1. The number of aromatic carboxylic acids is 1. The average molecular weight is 334 g/mol. The van der Waals surface area contributed by atoms with E-state index in [2.05, 4.69) is 15.5 Å². The van der Waals surface area contributed by atoms with Crippen LogP contribution in [0.2, 0.25) is 15.2 Å². The van der Waals surface area contributed by atoms with Gasteiger partial charge in [0.15, 0.2) is 5.15 Å². The van der Waals surface area contributed by atoms with Crippen LogP contribution < -0.4 is 10.5 Å². The van der Waals surface area contributed by atoms with E-state index < -0.39 is 11.7 Å². The van der Waals surface area contributed by atoms with Crippen molar-refractivity contribution in [1.82, 2.24) is 4.98 Å². The fourth-order valence-corrected chi connectivity index (χ4v) is 2.38. The molecule has 1 heterocycles. The fraction of sp³-hybridized carbons (Fsp3) is 0.250. The molecule has 106 valence electrons. The minimum absolute atomic E-state index is 0.00437. The minimum atomic E-state index is -1.54.